The highest BCUT2D eigenvalue weighted by Crippen LogP contribution is 2.19. The highest BCUT2D eigenvalue weighted by molar-refractivity contribution is 6.30. The van der Waals surface area contributed by atoms with Gasteiger partial charge in [-0.25, -0.2) is 14.2 Å². The molecule has 2 rings (SSSR count). The topological polar surface area (TPSA) is 56.1 Å². The summed E-state index contributed by atoms with van der Waals surface area (Å²) in [6.07, 6.45) is 3.16. The molecule has 2 aromatic rings. The van der Waals surface area contributed by atoms with Gasteiger partial charge in [0.25, 0.3) is 0 Å². The number of carbonyl (C=O) groups excluding carboxylic acids is 1. The van der Waals surface area contributed by atoms with Gasteiger partial charge in [0, 0.05) is 29.9 Å². The van der Waals surface area contributed by atoms with Crippen LogP contribution in [0.3, 0.4) is 0 Å². The first-order valence-corrected chi connectivity index (χ1v) is 7.57. The van der Waals surface area contributed by atoms with Crippen LogP contribution >= 0.6 is 11.6 Å². The molecule has 0 spiro atoms. The maximum Gasteiger partial charge on any atom is 0.407 e. The van der Waals surface area contributed by atoms with Crippen LogP contribution in [0.5, 0.6) is 0 Å². The predicted molar refractivity (Wildman–Crippen MR) is 86.5 cm³/mol. The minimum Gasteiger partial charge on any atom is -0.444 e. The molecule has 124 valence electrons. The van der Waals surface area contributed by atoms with Crippen molar-refractivity contribution in [3.63, 3.8) is 0 Å². The Hall–Kier alpha value is -2.08. The number of hydrogen-bond donors (Lipinski definition) is 1. The SMILES string of the molecule is CC(C)(C)OC(=O)NCCc1cncn1-c1ccc(Cl)cc1F. The molecular weight excluding hydrogens is 321 g/mol. The maximum absolute atomic E-state index is 14.0. The Kier molecular flexibility index (Phi) is 5.26. The van der Waals surface area contributed by atoms with E-state index in [-0.39, 0.29) is 0 Å². The third kappa shape index (κ3) is 4.96. The molecule has 0 aliphatic heterocycles. The van der Waals surface area contributed by atoms with E-state index in [0.717, 1.165) is 5.69 Å². The quantitative estimate of drug-likeness (QED) is 0.923. The molecule has 1 N–H and O–H groups in total. The largest absolute Gasteiger partial charge is 0.444 e. The second-order valence-electron chi connectivity index (χ2n) is 6.03. The van der Waals surface area contributed by atoms with E-state index in [2.05, 4.69) is 10.3 Å². The summed E-state index contributed by atoms with van der Waals surface area (Å²) >= 11 is 5.76. The number of carbonyl (C=O) groups is 1. The smallest absolute Gasteiger partial charge is 0.407 e. The van der Waals surface area contributed by atoms with Crippen LogP contribution in [-0.2, 0) is 11.2 Å². The van der Waals surface area contributed by atoms with Crippen molar-refractivity contribution in [2.75, 3.05) is 6.54 Å². The van der Waals surface area contributed by atoms with Crippen LogP contribution in [0, 0.1) is 5.82 Å². The predicted octanol–water partition coefficient (Wildman–Crippen LogP) is 3.73. The molecule has 0 saturated heterocycles. The Morgan fingerprint density at radius 2 is 2.17 bits per heavy atom. The summed E-state index contributed by atoms with van der Waals surface area (Å²) in [6, 6.07) is 4.45. The molecule has 0 unspecified atom stereocenters. The fourth-order valence-corrected chi connectivity index (χ4v) is 2.17. The van der Waals surface area contributed by atoms with Gasteiger partial charge in [0.1, 0.15) is 11.4 Å². The van der Waals surface area contributed by atoms with Crippen LogP contribution in [-0.4, -0.2) is 27.8 Å². The van der Waals surface area contributed by atoms with E-state index in [1.807, 2.05) is 0 Å². The Bertz CT molecular complexity index is 695. The van der Waals surface area contributed by atoms with Gasteiger partial charge in [0.15, 0.2) is 0 Å². The van der Waals surface area contributed by atoms with Crippen molar-refractivity contribution in [1.82, 2.24) is 14.9 Å². The van der Waals surface area contributed by atoms with Crippen molar-refractivity contribution in [2.45, 2.75) is 32.8 Å². The minimum absolute atomic E-state index is 0.333. The summed E-state index contributed by atoms with van der Waals surface area (Å²) in [5.41, 5.74) is 0.583. The zero-order valence-electron chi connectivity index (χ0n) is 13.3. The first kappa shape index (κ1) is 17.3. The zero-order valence-corrected chi connectivity index (χ0v) is 14.0. The van der Waals surface area contributed by atoms with Gasteiger partial charge in [-0.1, -0.05) is 11.6 Å². The number of halogens is 2. The molecule has 1 aromatic carbocycles. The van der Waals surface area contributed by atoms with Gasteiger partial charge in [-0.05, 0) is 39.0 Å². The van der Waals surface area contributed by atoms with Gasteiger partial charge in [0.2, 0.25) is 0 Å². The number of nitrogens with one attached hydrogen (secondary N) is 1. The summed E-state index contributed by atoms with van der Waals surface area (Å²) in [5.74, 6) is -0.433. The van der Waals surface area contributed by atoms with Gasteiger partial charge in [0.05, 0.1) is 12.0 Å². The molecule has 23 heavy (non-hydrogen) atoms. The average molecular weight is 340 g/mol. The summed E-state index contributed by atoms with van der Waals surface area (Å²) in [7, 11) is 0. The maximum atomic E-state index is 14.0. The summed E-state index contributed by atoms with van der Waals surface area (Å²) in [5, 5.41) is 3.00. The fraction of sp³-hybridized carbons (Fsp3) is 0.375. The van der Waals surface area contributed by atoms with Gasteiger partial charge in [-0.15, -0.1) is 0 Å². The van der Waals surface area contributed by atoms with Gasteiger partial charge in [-0.2, -0.15) is 0 Å². The van der Waals surface area contributed by atoms with Crippen LogP contribution in [0.4, 0.5) is 9.18 Å². The molecule has 0 aliphatic rings. The number of benzene rings is 1. The third-order valence-corrected chi connectivity index (χ3v) is 3.17. The van der Waals surface area contributed by atoms with Crippen molar-refractivity contribution in [1.29, 1.82) is 0 Å². The summed E-state index contributed by atoms with van der Waals surface area (Å²) < 4.78 is 20.8. The van der Waals surface area contributed by atoms with Crippen LogP contribution in [0.2, 0.25) is 5.02 Å². The molecular formula is C16H19ClFN3O2. The Balaban J connectivity index is 2.01. The van der Waals surface area contributed by atoms with Crippen molar-refractivity contribution in [3.8, 4) is 5.69 Å². The summed E-state index contributed by atoms with van der Waals surface area (Å²) in [4.78, 5) is 15.6. The Morgan fingerprint density at radius 1 is 1.43 bits per heavy atom. The van der Waals surface area contributed by atoms with E-state index in [9.17, 15) is 9.18 Å². The Labute approximate surface area is 139 Å². The highest BCUT2D eigenvalue weighted by Gasteiger charge is 2.16. The highest BCUT2D eigenvalue weighted by atomic mass is 35.5. The number of hydrogen-bond acceptors (Lipinski definition) is 3. The number of alkyl carbamates (subject to hydrolysis) is 1. The van der Waals surface area contributed by atoms with Crippen molar-refractivity contribution in [2.24, 2.45) is 0 Å². The van der Waals surface area contributed by atoms with Crippen LogP contribution in [0.25, 0.3) is 5.69 Å². The lowest BCUT2D eigenvalue weighted by molar-refractivity contribution is 0.0528. The molecule has 0 radical (unpaired) electrons. The van der Waals surface area contributed by atoms with E-state index in [4.69, 9.17) is 16.3 Å². The van der Waals surface area contributed by atoms with Crippen molar-refractivity contribution in [3.05, 3.63) is 47.3 Å². The van der Waals surface area contributed by atoms with E-state index in [0.29, 0.717) is 23.7 Å². The number of ether oxygens (including phenoxy) is 1. The monoisotopic (exact) mass is 339 g/mol. The number of amides is 1. The van der Waals surface area contributed by atoms with Gasteiger partial charge in [-0.3, -0.25) is 0 Å². The molecule has 0 aliphatic carbocycles. The molecule has 0 saturated carbocycles. The number of nitrogens with zero attached hydrogens (tertiary/aromatic N) is 2. The lowest BCUT2D eigenvalue weighted by Gasteiger charge is -2.19. The number of imidazole rings is 1. The molecule has 0 atom stereocenters. The van der Waals surface area contributed by atoms with Crippen molar-refractivity contribution < 1.29 is 13.9 Å². The lowest BCUT2D eigenvalue weighted by Crippen LogP contribution is -2.33. The average Bonchev–Trinajstić information content (AvgIpc) is 2.85. The molecule has 7 heteroatoms. The first-order chi connectivity index (χ1) is 10.8. The number of rotatable bonds is 4. The molecule has 5 nitrogen and oxygen atoms in total. The van der Waals surface area contributed by atoms with Gasteiger partial charge >= 0.3 is 6.09 Å². The third-order valence-electron chi connectivity index (χ3n) is 2.93. The van der Waals surface area contributed by atoms with Crippen LogP contribution in [0.1, 0.15) is 26.5 Å². The molecule has 0 fully saturated rings. The van der Waals surface area contributed by atoms with E-state index in [1.165, 1.54) is 12.4 Å². The van der Waals surface area contributed by atoms with Crippen LogP contribution < -0.4 is 5.32 Å². The molecule has 1 aromatic heterocycles. The molecule has 1 heterocycles. The lowest BCUT2D eigenvalue weighted by atomic mass is 10.2. The second kappa shape index (κ2) is 7.00. The molecule has 1 amide bonds. The summed E-state index contributed by atoms with van der Waals surface area (Å²) in [6.45, 7) is 5.75. The van der Waals surface area contributed by atoms with E-state index in [1.54, 1.807) is 43.7 Å². The first-order valence-electron chi connectivity index (χ1n) is 7.20. The van der Waals surface area contributed by atoms with Gasteiger partial charge < -0.3 is 14.6 Å². The number of aromatic nitrogens is 2. The fourth-order valence-electron chi connectivity index (χ4n) is 2.01. The Morgan fingerprint density at radius 3 is 2.83 bits per heavy atom. The van der Waals surface area contributed by atoms with E-state index >= 15 is 0 Å². The molecule has 0 bridgehead atoms. The standard InChI is InChI=1S/C16H19ClFN3O2/c1-16(2,3)23-15(22)20-7-6-12-9-19-10-21(12)14-5-4-11(17)8-13(14)18/h4-5,8-10H,6-7H2,1-3H3,(H,20,22). The van der Waals surface area contributed by atoms with Crippen molar-refractivity contribution >= 4 is 17.7 Å². The zero-order chi connectivity index (χ0) is 17.0. The van der Waals surface area contributed by atoms with E-state index < -0.39 is 17.5 Å². The normalized spacial score (nSPS) is 11.3. The second-order valence-corrected chi connectivity index (χ2v) is 6.47. The minimum atomic E-state index is -0.543. The van der Waals surface area contributed by atoms with Crippen LogP contribution in [0.15, 0.2) is 30.7 Å².